The molecule has 3 aromatic rings. The molecule has 7 heteroatoms. The summed E-state index contributed by atoms with van der Waals surface area (Å²) in [6, 6.07) is 12.6. The Hall–Kier alpha value is -2.24. The standard InChI is InChI=1S/C15H12Cl2N4O/c1-22-13-7-4-10(17)8-12(13)14-19-15(21-20-14)18-11-5-2-9(16)3-6-11/h2-8H,1H3,(H2,18,19,20,21). The van der Waals surface area contributed by atoms with Gasteiger partial charge < -0.3 is 10.1 Å². The molecule has 0 radical (unpaired) electrons. The molecule has 0 bridgehead atoms. The lowest BCUT2D eigenvalue weighted by molar-refractivity contribution is 0.416. The Labute approximate surface area is 137 Å². The van der Waals surface area contributed by atoms with Gasteiger partial charge in [-0.2, -0.15) is 4.98 Å². The van der Waals surface area contributed by atoms with Crippen LogP contribution in [0.15, 0.2) is 42.5 Å². The van der Waals surface area contributed by atoms with E-state index in [1.54, 1.807) is 37.4 Å². The van der Waals surface area contributed by atoms with Crippen molar-refractivity contribution in [3.63, 3.8) is 0 Å². The van der Waals surface area contributed by atoms with E-state index in [0.29, 0.717) is 27.6 Å². The van der Waals surface area contributed by atoms with Crippen molar-refractivity contribution >= 4 is 34.8 Å². The molecule has 2 aromatic carbocycles. The summed E-state index contributed by atoms with van der Waals surface area (Å²) in [6.07, 6.45) is 0. The van der Waals surface area contributed by atoms with E-state index in [2.05, 4.69) is 20.5 Å². The molecular formula is C15H12Cl2N4O. The molecule has 1 heterocycles. The molecule has 2 N–H and O–H groups in total. The van der Waals surface area contributed by atoms with Crippen molar-refractivity contribution in [2.24, 2.45) is 0 Å². The lowest BCUT2D eigenvalue weighted by atomic mass is 10.2. The first-order valence-corrected chi connectivity index (χ1v) is 7.20. The summed E-state index contributed by atoms with van der Waals surface area (Å²) in [5.41, 5.74) is 1.58. The SMILES string of the molecule is COc1ccc(Cl)cc1-c1nc(Nc2ccc(Cl)cc2)n[nH]1. The molecule has 0 fully saturated rings. The summed E-state index contributed by atoms with van der Waals surface area (Å²) < 4.78 is 5.31. The van der Waals surface area contributed by atoms with Crippen LogP contribution in [0, 0.1) is 0 Å². The van der Waals surface area contributed by atoms with Crippen LogP contribution in [-0.2, 0) is 0 Å². The Morgan fingerprint density at radius 3 is 2.50 bits per heavy atom. The first kappa shape index (κ1) is 14.7. The highest BCUT2D eigenvalue weighted by Crippen LogP contribution is 2.30. The minimum atomic E-state index is 0.444. The van der Waals surface area contributed by atoms with Crippen molar-refractivity contribution in [3.05, 3.63) is 52.5 Å². The van der Waals surface area contributed by atoms with E-state index in [-0.39, 0.29) is 0 Å². The highest BCUT2D eigenvalue weighted by atomic mass is 35.5. The van der Waals surface area contributed by atoms with Gasteiger partial charge in [-0.05, 0) is 42.5 Å². The first-order valence-electron chi connectivity index (χ1n) is 6.44. The van der Waals surface area contributed by atoms with E-state index in [4.69, 9.17) is 27.9 Å². The molecule has 5 nitrogen and oxygen atoms in total. The number of anilines is 2. The normalized spacial score (nSPS) is 10.5. The Morgan fingerprint density at radius 2 is 1.77 bits per heavy atom. The van der Waals surface area contributed by atoms with Crippen molar-refractivity contribution < 1.29 is 4.74 Å². The van der Waals surface area contributed by atoms with Crippen molar-refractivity contribution in [2.75, 3.05) is 12.4 Å². The molecule has 1 aromatic heterocycles. The third-order valence-corrected chi connectivity index (χ3v) is 3.49. The predicted molar refractivity (Wildman–Crippen MR) is 88.1 cm³/mol. The highest BCUT2D eigenvalue weighted by molar-refractivity contribution is 6.31. The number of methoxy groups -OCH3 is 1. The van der Waals surface area contributed by atoms with Gasteiger partial charge in [0.05, 0.1) is 12.7 Å². The van der Waals surface area contributed by atoms with Crippen molar-refractivity contribution in [3.8, 4) is 17.1 Å². The lowest BCUT2D eigenvalue weighted by Crippen LogP contribution is -1.92. The zero-order valence-corrected chi connectivity index (χ0v) is 13.1. The highest BCUT2D eigenvalue weighted by Gasteiger charge is 2.11. The monoisotopic (exact) mass is 334 g/mol. The fraction of sp³-hybridized carbons (Fsp3) is 0.0667. The number of aromatic nitrogens is 3. The molecule has 0 atom stereocenters. The van der Waals surface area contributed by atoms with Gasteiger partial charge in [-0.25, -0.2) is 0 Å². The molecule has 0 aliphatic heterocycles. The van der Waals surface area contributed by atoms with Gasteiger partial charge in [0.1, 0.15) is 5.75 Å². The van der Waals surface area contributed by atoms with Crippen LogP contribution in [0.5, 0.6) is 5.75 Å². The van der Waals surface area contributed by atoms with Crippen LogP contribution in [0.2, 0.25) is 10.0 Å². The smallest absolute Gasteiger partial charge is 0.246 e. The van der Waals surface area contributed by atoms with E-state index in [1.165, 1.54) is 0 Å². The number of aromatic amines is 1. The third kappa shape index (κ3) is 3.16. The van der Waals surface area contributed by atoms with Gasteiger partial charge in [0.15, 0.2) is 5.82 Å². The molecule has 3 rings (SSSR count). The van der Waals surface area contributed by atoms with Crippen LogP contribution < -0.4 is 10.1 Å². The number of hydrogen-bond acceptors (Lipinski definition) is 4. The summed E-state index contributed by atoms with van der Waals surface area (Å²) in [4.78, 5) is 4.40. The maximum atomic E-state index is 6.03. The number of nitrogens with one attached hydrogen (secondary N) is 2. The number of halogens is 2. The quantitative estimate of drug-likeness (QED) is 0.735. The van der Waals surface area contributed by atoms with E-state index in [0.717, 1.165) is 11.3 Å². The van der Waals surface area contributed by atoms with Gasteiger partial charge in [-0.15, -0.1) is 5.10 Å². The van der Waals surface area contributed by atoms with Crippen LogP contribution in [-0.4, -0.2) is 22.3 Å². The Kier molecular flexibility index (Phi) is 4.18. The molecule has 0 amide bonds. The molecule has 0 aliphatic carbocycles. The second kappa shape index (κ2) is 6.25. The Morgan fingerprint density at radius 1 is 1.05 bits per heavy atom. The Bertz CT molecular complexity index is 786. The number of H-pyrrole nitrogens is 1. The minimum absolute atomic E-state index is 0.444. The van der Waals surface area contributed by atoms with E-state index in [1.807, 2.05) is 12.1 Å². The zero-order chi connectivity index (χ0) is 15.5. The van der Waals surface area contributed by atoms with Crippen molar-refractivity contribution in [1.82, 2.24) is 15.2 Å². The van der Waals surface area contributed by atoms with E-state index < -0.39 is 0 Å². The fourth-order valence-corrected chi connectivity index (χ4v) is 2.26. The maximum Gasteiger partial charge on any atom is 0.246 e. The van der Waals surface area contributed by atoms with Gasteiger partial charge in [-0.3, -0.25) is 5.10 Å². The minimum Gasteiger partial charge on any atom is -0.496 e. The third-order valence-electron chi connectivity index (χ3n) is 3.00. The van der Waals surface area contributed by atoms with E-state index >= 15 is 0 Å². The zero-order valence-electron chi connectivity index (χ0n) is 11.6. The molecule has 0 saturated heterocycles. The van der Waals surface area contributed by atoms with Gasteiger partial charge >= 0.3 is 0 Å². The number of rotatable bonds is 4. The topological polar surface area (TPSA) is 62.8 Å². The average molecular weight is 335 g/mol. The number of ether oxygens (including phenoxy) is 1. The van der Waals surface area contributed by atoms with Crippen molar-refractivity contribution in [1.29, 1.82) is 0 Å². The summed E-state index contributed by atoms with van der Waals surface area (Å²) in [7, 11) is 1.59. The van der Waals surface area contributed by atoms with Gasteiger partial charge in [0.25, 0.3) is 0 Å². The van der Waals surface area contributed by atoms with Crippen molar-refractivity contribution in [2.45, 2.75) is 0 Å². The van der Waals surface area contributed by atoms with Crippen LogP contribution in [0.25, 0.3) is 11.4 Å². The van der Waals surface area contributed by atoms with E-state index in [9.17, 15) is 0 Å². The molecule has 112 valence electrons. The molecule has 0 unspecified atom stereocenters. The average Bonchev–Trinajstić information content (AvgIpc) is 2.98. The van der Waals surface area contributed by atoms with Gasteiger partial charge in [-0.1, -0.05) is 23.2 Å². The number of benzene rings is 2. The second-order valence-corrected chi connectivity index (χ2v) is 5.36. The largest absolute Gasteiger partial charge is 0.496 e. The molecular weight excluding hydrogens is 323 g/mol. The maximum absolute atomic E-state index is 6.03. The second-order valence-electron chi connectivity index (χ2n) is 4.48. The summed E-state index contributed by atoms with van der Waals surface area (Å²) >= 11 is 11.9. The molecule has 0 saturated carbocycles. The molecule has 22 heavy (non-hydrogen) atoms. The van der Waals surface area contributed by atoms with Crippen LogP contribution in [0.3, 0.4) is 0 Å². The van der Waals surface area contributed by atoms with Gasteiger partial charge in [0, 0.05) is 15.7 Å². The molecule has 0 aliphatic rings. The number of nitrogens with zero attached hydrogens (tertiary/aromatic N) is 2. The Balaban J connectivity index is 1.87. The van der Waals surface area contributed by atoms with Crippen LogP contribution >= 0.6 is 23.2 Å². The fourth-order valence-electron chi connectivity index (χ4n) is 1.97. The predicted octanol–water partition coefficient (Wildman–Crippen LogP) is 4.53. The van der Waals surface area contributed by atoms with Gasteiger partial charge in [0.2, 0.25) is 5.95 Å². The lowest BCUT2D eigenvalue weighted by Gasteiger charge is -2.05. The summed E-state index contributed by atoms with van der Waals surface area (Å²) in [6.45, 7) is 0. The summed E-state index contributed by atoms with van der Waals surface area (Å²) in [5.74, 6) is 1.67. The van der Waals surface area contributed by atoms with Crippen LogP contribution in [0.1, 0.15) is 0 Å². The first-order chi connectivity index (χ1) is 10.7. The number of hydrogen-bond donors (Lipinski definition) is 2. The molecule has 0 spiro atoms. The summed E-state index contributed by atoms with van der Waals surface area (Å²) in [5, 5.41) is 11.4. The van der Waals surface area contributed by atoms with Crippen LogP contribution in [0.4, 0.5) is 11.6 Å².